The summed E-state index contributed by atoms with van der Waals surface area (Å²) in [5, 5.41) is 9.12. The van der Waals surface area contributed by atoms with Crippen molar-refractivity contribution in [2.24, 2.45) is 5.41 Å². The monoisotopic (exact) mass is 384 g/mol. The second-order valence-corrected chi connectivity index (χ2v) is 6.67. The van der Waals surface area contributed by atoms with Gasteiger partial charge >= 0.3 is 6.03 Å². The van der Waals surface area contributed by atoms with E-state index in [1.807, 2.05) is 24.3 Å². The number of nitrogens with zero attached hydrogens (tertiary/aromatic N) is 1. The number of urea groups is 1. The number of carbonyl (C=O) groups excluding carboxylic acids is 2. The average Bonchev–Trinajstić information content (AvgIpc) is 2.61. The van der Waals surface area contributed by atoms with E-state index in [4.69, 9.17) is 4.74 Å². The van der Waals surface area contributed by atoms with Gasteiger partial charge in [0.1, 0.15) is 0 Å². The van der Waals surface area contributed by atoms with Crippen LogP contribution in [0, 0.1) is 5.41 Å². The van der Waals surface area contributed by atoms with Crippen molar-refractivity contribution in [3.63, 3.8) is 0 Å². The Kier molecular flexibility index (Phi) is 8.84. The van der Waals surface area contributed by atoms with Crippen LogP contribution in [0.25, 0.3) is 0 Å². The van der Waals surface area contributed by atoms with E-state index in [0.717, 1.165) is 31.5 Å². The molecule has 1 aromatic rings. The molecule has 1 fully saturated rings. The van der Waals surface area contributed by atoms with Crippen LogP contribution < -0.4 is 16.0 Å². The van der Waals surface area contributed by atoms with Crippen LogP contribution in [0.5, 0.6) is 0 Å². The van der Waals surface area contributed by atoms with E-state index < -0.39 is 5.41 Å². The highest BCUT2D eigenvalue weighted by Crippen LogP contribution is 2.29. The first kappa shape index (κ1) is 22.2. The Balaban J connectivity index is 0.00000338. The number of anilines is 1. The number of halogens is 1. The number of ether oxygens (including phenoxy) is 1. The predicted octanol–water partition coefficient (Wildman–Crippen LogP) is 1.83. The lowest BCUT2D eigenvalue weighted by Gasteiger charge is -2.35. The van der Waals surface area contributed by atoms with Gasteiger partial charge in [0.05, 0.1) is 12.0 Å². The lowest BCUT2D eigenvalue weighted by Crippen LogP contribution is -2.49. The summed E-state index contributed by atoms with van der Waals surface area (Å²) in [6.45, 7) is 2.49. The topological polar surface area (TPSA) is 82.7 Å². The molecule has 1 heterocycles. The van der Waals surface area contributed by atoms with E-state index in [2.05, 4.69) is 16.0 Å². The van der Waals surface area contributed by atoms with E-state index >= 15 is 0 Å². The number of rotatable bonds is 6. The van der Waals surface area contributed by atoms with Crippen LogP contribution in [0.15, 0.2) is 24.3 Å². The molecule has 0 spiro atoms. The number of nitrogens with one attached hydrogen (secondary N) is 3. The molecule has 0 aliphatic carbocycles. The standard InChI is InChI=1S/C18H28N4O3.ClH/c1-22(2)17(24)21-15-6-4-5-14(11-15)12-20-16(23)18(13-25-3)7-9-19-10-8-18;/h4-6,11,19H,7-10,12-13H2,1-3H3,(H,20,23)(H,21,24);1H. The number of carbonyl (C=O) groups is 2. The van der Waals surface area contributed by atoms with Gasteiger partial charge < -0.3 is 25.6 Å². The Labute approximate surface area is 161 Å². The number of benzene rings is 1. The van der Waals surface area contributed by atoms with Gasteiger partial charge in [0.15, 0.2) is 0 Å². The van der Waals surface area contributed by atoms with Crippen LogP contribution in [-0.2, 0) is 16.1 Å². The van der Waals surface area contributed by atoms with Gasteiger partial charge in [0.25, 0.3) is 0 Å². The molecule has 3 amide bonds. The number of hydrogen-bond donors (Lipinski definition) is 3. The van der Waals surface area contributed by atoms with Crippen molar-refractivity contribution in [2.75, 3.05) is 46.2 Å². The van der Waals surface area contributed by atoms with Gasteiger partial charge in [-0.15, -0.1) is 12.4 Å². The van der Waals surface area contributed by atoms with Crippen molar-refractivity contribution >= 4 is 30.0 Å². The van der Waals surface area contributed by atoms with Gasteiger partial charge in [-0.2, -0.15) is 0 Å². The first-order valence-electron chi connectivity index (χ1n) is 8.52. The van der Waals surface area contributed by atoms with Crippen LogP contribution >= 0.6 is 12.4 Å². The Morgan fingerprint density at radius 1 is 1.27 bits per heavy atom. The Morgan fingerprint density at radius 2 is 1.96 bits per heavy atom. The molecule has 0 unspecified atom stereocenters. The zero-order chi connectivity index (χ0) is 18.3. The molecule has 2 rings (SSSR count). The summed E-state index contributed by atoms with van der Waals surface area (Å²) in [6, 6.07) is 7.30. The molecule has 3 N–H and O–H groups in total. The zero-order valence-corrected chi connectivity index (χ0v) is 16.4. The van der Waals surface area contributed by atoms with Gasteiger partial charge in [0.2, 0.25) is 5.91 Å². The molecule has 0 bridgehead atoms. The van der Waals surface area contributed by atoms with Crippen molar-refractivity contribution in [1.82, 2.24) is 15.5 Å². The molecule has 7 nitrogen and oxygen atoms in total. The molecule has 0 saturated carbocycles. The minimum atomic E-state index is -0.462. The average molecular weight is 385 g/mol. The highest BCUT2D eigenvalue weighted by Gasteiger charge is 2.39. The molecule has 1 aromatic carbocycles. The Morgan fingerprint density at radius 3 is 2.58 bits per heavy atom. The molecular weight excluding hydrogens is 356 g/mol. The van der Waals surface area contributed by atoms with Crippen molar-refractivity contribution < 1.29 is 14.3 Å². The molecule has 0 atom stereocenters. The second kappa shape index (κ2) is 10.4. The molecule has 1 aliphatic heterocycles. The van der Waals surface area contributed by atoms with E-state index in [9.17, 15) is 9.59 Å². The molecule has 146 valence electrons. The molecule has 8 heteroatoms. The fourth-order valence-corrected chi connectivity index (χ4v) is 2.98. The smallest absolute Gasteiger partial charge is 0.321 e. The van der Waals surface area contributed by atoms with E-state index in [-0.39, 0.29) is 24.3 Å². The van der Waals surface area contributed by atoms with Gasteiger partial charge in [-0.05, 0) is 43.6 Å². The summed E-state index contributed by atoms with van der Waals surface area (Å²) >= 11 is 0. The van der Waals surface area contributed by atoms with Gasteiger partial charge in [-0.25, -0.2) is 4.79 Å². The van der Waals surface area contributed by atoms with Crippen molar-refractivity contribution in [3.8, 4) is 0 Å². The van der Waals surface area contributed by atoms with Crippen LogP contribution in [0.2, 0.25) is 0 Å². The fraction of sp³-hybridized carbons (Fsp3) is 0.556. The third-order valence-corrected chi connectivity index (χ3v) is 4.50. The molecule has 1 aliphatic rings. The summed E-state index contributed by atoms with van der Waals surface area (Å²) < 4.78 is 5.30. The highest BCUT2D eigenvalue weighted by molar-refractivity contribution is 5.89. The molecule has 26 heavy (non-hydrogen) atoms. The largest absolute Gasteiger partial charge is 0.384 e. The third-order valence-electron chi connectivity index (χ3n) is 4.50. The summed E-state index contributed by atoms with van der Waals surface area (Å²) in [4.78, 5) is 25.9. The fourth-order valence-electron chi connectivity index (χ4n) is 2.98. The maximum Gasteiger partial charge on any atom is 0.321 e. The highest BCUT2D eigenvalue weighted by atomic mass is 35.5. The normalized spacial score (nSPS) is 15.5. The van der Waals surface area contributed by atoms with Crippen molar-refractivity contribution in [2.45, 2.75) is 19.4 Å². The third kappa shape index (κ3) is 5.86. The summed E-state index contributed by atoms with van der Waals surface area (Å²) in [6.07, 6.45) is 1.54. The lowest BCUT2D eigenvalue weighted by atomic mass is 9.78. The Bertz CT molecular complexity index is 598. The number of methoxy groups -OCH3 is 1. The minimum Gasteiger partial charge on any atom is -0.384 e. The maximum atomic E-state index is 12.7. The first-order chi connectivity index (χ1) is 12.0. The first-order valence-corrected chi connectivity index (χ1v) is 8.52. The van der Waals surface area contributed by atoms with Crippen molar-refractivity contribution in [1.29, 1.82) is 0 Å². The summed E-state index contributed by atoms with van der Waals surface area (Å²) in [7, 11) is 5.01. The molecule has 0 radical (unpaired) electrons. The molecular formula is C18H29ClN4O3. The van der Waals surface area contributed by atoms with Crippen molar-refractivity contribution in [3.05, 3.63) is 29.8 Å². The van der Waals surface area contributed by atoms with Crippen LogP contribution in [0.4, 0.5) is 10.5 Å². The summed E-state index contributed by atoms with van der Waals surface area (Å²) in [5.74, 6) is 0.0265. The number of piperidine rings is 1. The second-order valence-electron chi connectivity index (χ2n) is 6.67. The predicted molar refractivity (Wildman–Crippen MR) is 105 cm³/mol. The Hall–Kier alpha value is -1.83. The lowest BCUT2D eigenvalue weighted by molar-refractivity contribution is -0.136. The van der Waals surface area contributed by atoms with E-state index in [0.29, 0.717) is 18.8 Å². The van der Waals surface area contributed by atoms with Gasteiger partial charge in [-0.1, -0.05) is 12.1 Å². The van der Waals surface area contributed by atoms with Crippen LogP contribution in [0.3, 0.4) is 0 Å². The quantitative estimate of drug-likeness (QED) is 0.698. The van der Waals surface area contributed by atoms with E-state index in [1.54, 1.807) is 21.2 Å². The summed E-state index contributed by atoms with van der Waals surface area (Å²) in [5.41, 5.74) is 1.18. The van der Waals surface area contributed by atoms with Crippen LogP contribution in [-0.4, -0.2) is 57.7 Å². The SMILES string of the molecule is COCC1(C(=O)NCc2cccc(NC(=O)N(C)C)c2)CCNCC1.Cl. The zero-order valence-electron chi connectivity index (χ0n) is 15.6. The minimum absolute atomic E-state index is 0. The molecule has 0 aromatic heterocycles. The van der Waals surface area contributed by atoms with Gasteiger partial charge in [0, 0.05) is 33.4 Å². The number of amides is 3. The van der Waals surface area contributed by atoms with Crippen LogP contribution in [0.1, 0.15) is 18.4 Å². The maximum absolute atomic E-state index is 12.7. The molecule has 1 saturated heterocycles. The van der Waals surface area contributed by atoms with E-state index in [1.165, 1.54) is 4.90 Å². The number of hydrogen-bond acceptors (Lipinski definition) is 4. The van der Waals surface area contributed by atoms with Gasteiger partial charge in [-0.3, -0.25) is 4.79 Å².